The average Bonchev–Trinajstić information content (AvgIpc) is 2.91. The van der Waals surface area contributed by atoms with E-state index in [4.69, 9.17) is 5.11 Å². The highest BCUT2D eigenvalue weighted by Gasteiger charge is 2.36. The zero-order valence-electron chi connectivity index (χ0n) is 11.5. The fraction of sp³-hybridized carbons (Fsp3) is 0.417. The number of sulfonamides is 1. The molecule has 120 valence electrons. The zero-order valence-corrected chi connectivity index (χ0v) is 13.9. The van der Waals surface area contributed by atoms with E-state index < -0.39 is 26.8 Å². The van der Waals surface area contributed by atoms with Crippen LogP contribution in [-0.4, -0.2) is 41.8 Å². The maximum absolute atomic E-state index is 12.5. The highest BCUT2D eigenvalue weighted by molar-refractivity contribution is 9.10. The molecule has 1 aromatic rings. The lowest BCUT2D eigenvalue weighted by atomic mass is 10.1. The van der Waals surface area contributed by atoms with Crippen LogP contribution in [0, 0.1) is 23.0 Å². The molecule has 1 aromatic carbocycles. The van der Waals surface area contributed by atoms with Gasteiger partial charge in [-0.05, 0) is 19.4 Å². The first kappa shape index (κ1) is 16.8. The first-order valence-electron chi connectivity index (χ1n) is 6.32. The van der Waals surface area contributed by atoms with Crippen LogP contribution in [0.5, 0.6) is 0 Å². The Labute approximate surface area is 135 Å². The number of carboxylic acids is 1. The fourth-order valence-electron chi connectivity index (χ4n) is 2.28. The summed E-state index contributed by atoms with van der Waals surface area (Å²) in [6, 6.07) is 2.30. The number of nitrogens with zero attached hydrogens (tertiary/aromatic N) is 2. The van der Waals surface area contributed by atoms with Gasteiger partial charge in [0.15, 0.2) is 0 Å². The molecule has 1 unspecified atom stereocenters. The largest absolute Gasteiger partial charge is 0.481 e. The molecule has 8 nitrogen and oxygen atoms in total. The van der Waals surface area contributed by atoms with E-state index in [0.29, 0.717) is 10.0 Å². The van der Waals surface area contributed by atoms with Crippen molar-refractivity contribution in [1.82, 2.24) is 4.31 Å². The predicted octanol–water partition coefficient (Wildman–Crippen LogP) is 1.76. The van der Waals surface area contributed by atoms with Gasteiger partial charge in [0.05, 0.1) is 15.7 Å². The van der Waals surface area contributed by atoms with Crippen LogP contribution in [0.3, 0.4) is 0 Å². The van der Waals surface area contributed by atoms with Crippen LogP contribution < -0.4 is 0 Å². The van der Waals surface area contributed by atoms with Crippen LogP contribution in [0.1, 0.15) is 12.0 Å². The summed E-state index contributed by atoms with van der Waals surface area (Å²) in [5, 5.41) is 20.0. The summed E-state index contributed by atoms with van der Waals surface area (Å²) >= 11 is 3.12. The van der Waals surface area contributed by atoms with Crippen LogP contribution >= 0.6 is 15.9 Å². The molecule has 0 spiro atoms. The molecule has 1 N–H and O–H groups in total. The normalized spacial score (nSPS) is 19.3. The highest BCUT2D eigenvalue weighted by atomic mass is 79.9. The Bertz CT molecular complexity index is 748. The Kier molecular flexibility index (Phi) is 4.54. The van der Waals surface area contributed by atoms with Gasteiger partial charge in [-0.1, -0.05) is 15.9 Å². The fourth-order valence-corrected chi connectivity index (χ4v) is 4.42. The SMILES string of the molecule is Cc1c(Br)cc(S(=O)(=O)N2CCC(C(=O)O)C2)cc1[N+](=O)[O-]. The van der Waals surface area contributed by atoms with Crippen molar-refractivity contribution in [3.63, 3.8) is 0 Å². The molecule has 1 fully saturated rings. The third-order valence-electron chi connectivity index (χ3n) is 3.63. The van der Waals surface area contributed by atoms with Crippen molar-refractivity contribution in [2.24, 2.45) is 5.92 Å². The molecule has 0 saturated carbocycles. The molecule has 1 aliphatic rings. The number of nitro benzene ring substituents is 1. The second kappa shape index (κ2) is 5.94. The third kappa shape index (κ3) is 2.99. The Morgan fingerprint density at radius 1 is 1.50 bits per heavy atom. The Morgan fingerprint density at radius 2 is 2.14 bits per heavy atom. The van der Waals surface area contributed by atoms with E-state index in [0.717, 1.165) is 10.4 Å². The van der Waals surface area contributed by atoms with Gasteiger partial charge in [0.2, 0.25) is 10.0 Å². The number of benzene rings is 1. The van der Waals surface area contributed by atoms with Gasteiger partial charge < -0.3 is 5.11 Å². The molecule has 1 aliphatic heterocycles. The van der Waals surface area contributed by atoms with E-state index in [1.807, 2.05) is 0 Å². The third-order valence-corrected chi connectivity index (χ3v) is 6.29. The van der Waals surface area contributed by atoms with Gasteiger partial charge in [-0.3, -0.25) is 14.9 Å². The molecular formula is C12H13BrN2O6S. The van der Waals surface area contributed by atoms with Gasteiger partial charge in [-0.2, -0.15) is 4.31 Å². The Balaban J connectivity index is 2.43. The Morgan fingerprint density at radius 3 is 2.64 bits per heavy atom. The smallest absolute Gasteiger partial charge is 0.307 e. The van der Waals surface area contributed by atoms with Crippen LogP contribution in [0.2, 0.25) is 0 Å². The van der Waals surface area contributed by atoms with Crippen LogP contribution in [0.15, 0.2) is 21.5 Å². The average molecular weight is 393 g/mol. The van der Waals surface area contributed by atoms with Gasteiger partial charge in [-0.25, -0.2) is 8.42 Å². The summed E-state index contributed by atoms with van der Waals surface area (Å²) in [4.78, 5) is 21.1. The van der Waals surface area contributed by atoms with Crippen molar-refractivity contribution in [3.05, 3.63) is 32.3 Å². The predicted molar refractivity (Wildman–Crippen MR) is 80.0 cm³/mol. The summed E-state index contributed by atoms with van der Waals surface area (Å²) in [6.07, 6.45) is 0.226. The number of rotatable bonds is 4. The van der Waals surface area contributed by atoms with E-state index in [1.54, 1.807) is 0 Å². The number of aliphatic carboxylic acids is 1. The quantitative estimate of drug-likeness (QED) is 0.615. The first-order chi connectivity index (χ1) is 10.1. The topological polar surface area (TPSA) is 118 Å². The molecule has 1 saturated heterocycles. The molecule has 0 radical (unpaired) electrons. The van der Waals surface area contributed by atoms with Crippen molar-refractivity contribution >= 4 is 37.6 Å². The number of nitro groups is 1. The van der Waals surface area contributed by atoms with Gasteiger partial charge >= 0.3 is 5.97 Å². The standard InChI is InChI=1S/C12H13BrN2O6S/c1-7-10(13)4-9(5-11(7)15(18)19)22(20,21)14-3-2-8(6-14)12(16)17/h4-5,8H,2-3,6H2,1H3,(H,16,17). The molecule has 1 heterocycles. The highest BCUT2D eigenvalue weighted by Crippen LogP contribution is 2.32. The summed E-state index contributed by atoms with van der Waals surface area (Å²) in [6.45, 7) is 1.46. The lowest BCUT2D eigenvalue weighted by Gasteiger charge is -2.16. The van der Waals surface area contributed by atoms with Crippen molar-refractivity contribution in [1.29, 1.82) is 0 Å². The molecular weight excluding hydrogens is 380 g/mol. The van der Waals surface area contributed by atoms with Crippen LogP contribution in [-0.2, 0) is 14.8 Å². The lowest BCUT2D eigenvalue weighted by Crippen LogP contribution is -2.30. The van der Waals surface area contributed by atoms with Crippen molar-refractivity contribution in [2.75, 3.05) is 13.1 Å². The maximum atomic E-state index is 12.5. The van der Waals surface area contributed by atoms with Crippen molar-refractivity contribution in [3.8, 4) is 0 Å². The monoisotopic (exact) mass is 392 g/mol. The van der Waals surface area contributed by atoms with E-state index in [9.17, 15) is 23.3 Å². The van der Waals surface area contributed by atoms with E-state index in [-0.39, 0.29) is 30.1 Å². The van der Waals surface area contributed by atoms with E-state index in [1.165, 1.54) is 13.0 Å². The van der Waals surface area contributed by atoms with Gasteiger partial charge in [0.1, 0.15) is 0 Å². The molecule has 1 atom stereocenters. The molecule has 0 aliphatic carbocycles. The molecule has 2 rings (SSSR count). The molecule has 10 heteroatoms. The summed E-state index contributed by atoms with van der Waals surface area (Å²) in [5.74, 6) is -1.80. The minimum atomic E-state index is -3.96. The minimum Gasteiger partial charge on any atom is -0.481 e. The van der Waals surface area contributed by atoms with Crippen molar-refractivity contribution in [2.45, 2.75) is 18.2 Å². The number of carboxylic acid groups (broad SMARTS) is 1. The van der Waals surface area contributed by atoms with Gasteiger partial charge in [0, 0.05) is 29.2 Å². The lowest BCUT2D eigenvalue weighted by molar-refractivity contribution is -0.385. The second-order valence-electron chi connectivity index (χ2n) is 4.99. The molecule has 0 bridgehead atoms. The first-order valence-corrected chi connectivity index (χ1v) is 8.55. The summed E-state index contributed by atoms with van der Waals surface area (Å²) < 4.78 is 26.4. The summed E-state index contributed by atoms with van der Waals surface area (Å²) in [5.41, 5.74) is 0.0238. The number of carbonyl (C=O) groups is 1. The van der Waals surface area contributed by atoms with Gasteiger partial charge in [-0.15, -0.1) is 0 Å². The number of hydrogen-bond donors (Lipinski definition) is 1. The minimum absolute atomic E-state index is 0.0819. The van der Waals surface area contributed by atoms with E-state index in [2.05, 4.69) is 15.9 Å². The zero-order chi connectivity index (χ0) is 16.7. The Hall–Kier alpha value is -1.52. The van der Waals surface area contributed by atoms with E-state index >= 15 is 0 Å². The van der Waals surface area contributed by atoms with Gasteiger partial charge in [0.25, 0.3) is 5.69 Å². The number of hydrogen-bond acceptors (Lipinski definition) is 5. The molecule has 22 heavy (non-hydrogen) atoms. The van der Waals surface area contributed by atoms with Crippen LogP contribution in [0.25, 0.3) is 0 Å². The second-order valence-corrected chi connectivity index (χ2v) is 7.79. The van der Waals surface area contributed by atoms with Crippen LogP contribution in [0.4, 0.5) is 5.69 Å². The summed E-state index contributed by atoms with van der Waals surface area (Å²) in [7, 11) is -3.96. The molecule has 0 aromatic heterocycles. The number of halogens is 1. The maximum Gasteiger partial charge on any atom is 0.307 e. The molecule has 0 amide bonds. The van der Waals surface area contributed by atoms with Crippen molar-refractivity contribution < 1.29 is 23.2 Å².